The van der Waals surface area contributed by atoms with Gasteiger partial charge >= 0.3 is 0 Å². The van der Waals surface area contributed by atoms with Crippen molar-refractivity contribution in [1.82, 2.24) is 0 Å². The van der Waals surface area contributed by atoms with E-state index >= 15 is 0 Å². The Bertz CT molecular complexity index is 1430. The molecule has 0 saturated carbocycles. The van der Waals surface area contributed by atoms with Crippen molar-refractivity contribution in [2.45, 2.75) is 27.7 Å². The Balaban J connectivity index is 1.84. The molecule has 0 atom stereocenters. The fourth-order valence-electron chi connectivity index (χ4n) is 4.64. The summed E-state index contributed by atoms with van der Waals surface area (Å²) in [6, 6.07) is 26.5. The van der Waals surface area contributed by atoms with Crippen LogP contribution in [-0.2, 0) is 0 Å². The van der Waals surface area contributed by atoms with Crippen LogP contribution in [0.15, 0.2) is 127 Å². The van der Waals surface area contributed by atoms with E-state index in [9.17, 15) is 0 Å². The summed E-state index contributed by atoms with van der Waals surface area (Å²) in [6.07, 6.45) is 12.5. The van der Waals surface area contributed by atoms with Crippen molar-refractivity contribution >= 4 is 27.1 Å². The van der Waals surface area contributed by atoms with E-state index in [1.54, 1.807) is 0 Å². The lowest BCUT2D eigenvalue weighted by atomic mass is 9.88. The normalized spacial score (nSPS) is 13.2. The zero-order chi connectivity index (χ0) is 24.1. The molecule has 0 bridgehead atoms. The van der Waals surface area contributed by atoms with Gasteiger partial charge in [-0.1, -0.05) is 110 Å². The molecule has 0 aromatic heterocycles. The van der Waals surface area contributed by atoms with Crippen LogP contribution in [0.2, 0.25) is 0 Å². The van der Waals surface area contributed by atoms with Crippen molar-refractivity contribution in [1.29, 1.82) is 0 Å². The third-order valence-corrected chi connectivity index (χ3v) is 6.49. The number of aryl methyl sites for hydroxylation is 1. The first-order chi connectivity index (χ1) is 16.5. The Kier molecular flexibility index (Phi) is 7.09. The highest BCUT2D eigenvalue weighted by molar-refractivity contribution is 6.15. The first-order valence-electron chi connectivity index (χ1n) is 11.9. The molecular weight excluding hydrogens is 408 g/mol. The highest BCUT2D eigenvalue weighted by Crippen LogP contribution is 2.39. The van der Waals surface area contributed by atoms with Gasteiger partial charge in [0.25, 0.3) is 0 Å². The summed E-state index contributed by atoms with van der Waals surface area (Å²) in [5.74, 6) is 0. The lowest BCUT2D eigenvalue weighted by molar-refractivity contribution is 1.41. The zero-order valence-corrected chi connectivity index (χ0v) is 20.6. The molecule has 0 aliphatic heterocycles. The first kappa shape index (κ1) is 23.3. The summed E-state index contributed by atoms with van der Waals surface area (Å²) >= 11 is 0. The van der Waals surface area contributed by atoms with Gasteiger partial charge in [0, 0.05) is 0 Å². The summed E-state index contributed by atoms with van der Waals surface area (Å²) in [5.41, 5.74) is 8.75. The van der Waals surface area contributed by atoms with Gasteiger partial charge in [0.15, 0.2) is 0 Å². The lowest BCUT2D eigenvalue weighted by Gasteiger charge is -2.16. The van der Waals surface area contributed by atoms with Gasteiger partial charge in [0.1, 0.15) is 0 Å². The number of hydrogen-bond acceptors (Lipinski definition) is 0. The van der Waals surface area contributed by atoms with Crippen LogP contribution in [0.5, 0.6) is 0 Å². The minimum Gasteiger partial charge on any atom is -0.0990 e. The van der Waals surface area contributed by atoms with Crippen molar-refractivity contribution in [3.05, 3.63) is 138 Å². The van der Waals surface area contributed by atoms with Crippen LogP contribution in [0.4, 0.5) is 0 Å². The van der Waals surface area contributed by atoms with Crippen molar-refractivity contribution < 1.29 is 0 Å². The van der Waals surface area contributed by atoms with Gasteiger partial charge in [-0.05, 0) is 94.3 Å². The quantitative estimate of drug-likeness (QED) is 0.207. The minimum absolute atomic E-state index is 1.17. The summed E-state index contributed by atoms with van der Waals surface area (Å²) in [4.78, 5) is 0. The SMILES string of the molecule is C=C/C=C(\C=C/C)C(/C)=C/C=C(\C)c1cccc(-c2c3ccccc3c(C)c3ccccc23)c1. The maximum atomic E-state index is 3.84. The fourth-order valence-corrected chi connectivity index (χ4v) is 4.64. The third-order valence-electron chi connectivity index (χ3n) is 6.49. The highest BCUT2D eigenvalue weighted by atomic mass is 14.2. The summed E-state index contributed by atoms with van der Waals surface area (Å²) in [6.45, 7) is 12.4. The maximum Gasteiger partial charge on any atom is -0.00264 e. The van der Waals surface area contributed by atoms with Gasteiger partial charge < -0.3 is 0 Å². The molecule has 0 N–H and O–H groups in total. The average molecular weight is 441 g/mol. The van der Waals surface area contributed by atoms with Crippen LogP contribution in [0.3, 0.4) is 0 Å². The monoisotopic (exact) mass is 440 g/mol. The van der Waals surface area contributed by atoms with E-state index in [1.807, 2.05) is 19.1 Å². The number of allylic oxidation sites excluding steroid dienone is 9. The molecule has 0 heterocycles. The molecule has 0 unspecified atom stereocenters. The van der Waals surface area contributed by atoms with Crippen molar-refractivity contribution in [2.75, 3.05) is 0 Å². The summed E-state index contributed by atoms with van der Waals surface area (Å²) < 4.78 is 0. The Morgan fingerprint density at radius 3 is 1.94 bits per heavy atom. The standard InChI is InChI=1S/C34H32/c1-6-13-27(14-7-2)24(3)21-22-25(4)28-15-12-16-29(23-28)34-32-19-10-8-17-30(32)26(5)31-18-9-11-20-33(31)34/h6-23H,1H2,2-5H3/b14-7-,24-21+,25-22+,27-13+. The predicted molar refractivity (Wildman–Crippen MR) is 152 cm³/mol. The van der Waals surface area contributed by atoms with E-state index in [-0.39, 0.29) is 0 Å². The molecule has 0 nitrogen and oxygen atoms in total. The molecule has 34 heavy (non-hydrogen) atoms. The summed E-state index contributed by atoms with van der Waals surface area (Å²) in [7, 11) is 0. The maximum absolute atomic E-state index is 3.84. The molecule has 0 radical (unpaired) electrons. The van der Waals surface area contributed by atoms with E-state index in [0.29, 0.717) is 0 Å². The average Bonchev–Trinajstić information content (AvgIpc) is 2.87. The third kappa shape index (κ3) is 4.58. The van der Waals surface area contributed by atoms with Gasteiger partial charge in [-0.3, -0.25) is 0 Å². The van der Waals surface area contributed by atoms with Crippen LogP contribution < -0.4 is 0 Å². The largest absolute Gasteiger partial charge is 0.0990 e. The molecule has 0 spiro atoms. The lowest BCUT2D eigenvalue weighted by Crippen LogP contribution is -1.90. The smallest absolute Gasteiger partial charge is 0.00264 e. The second-order valence-corrected chi connectivity index (χ2v) is 8.73. The highest BCUT2D eigenvalue weighted by Gasteiger charge is 2.13. The molecule has 0 aliphatic carbocycles. The van der Waals surface area contributed by atoms with Gasteiger partial charge in [-0.2, -0.15) is 0 Å². The zero-order valence-electron chi connectivity index (χ0n) is 20.6. The van der Waals surface area contributed by atoms with E-state index in [4.69, 9.17) is 0 Å². The van der Waals surface area contributed by atoms with Crippen LogP contribution in [0.25, 0.3) is 38.2 Å². The second kappa shape index (κ2) is 10.4. The first-order valence-corrected chi connectivity index (χ1v) is 11.9. The Hall–Kier alpha value is -3.90. The predicted octanol–water partition coefficient (Wildman–Crippen LogP) is 10.0. The van der Waals surface area contributed by atoms with Crippen molar-refractivity contribution in [2.24, 2.45) is 0 Å². The van der Waals surface area contributed by atoms with Crippen LogP contribution >= 0.6 is 0 Å². The molecule has 4 rings (SSSR count). The van der Waals surface area contributed by atoms with Crippen molar-refractivity contribution in [3.63, 3.8) is 0 Å². The Morgan fingerprint density at radius 2 is 1.35 bits per heavy atom. The van der Waals surface area contributed by atoms with Crippen LogP contribution in [0, 0.1) is 6.92 Å². The van der Waals surface area contributed by atoms with Gasteiger partial charge in [0.2, 0.25) is 0 Å². The molecule has 0 amide bonds. The molecule has 4 aromatic rings. The number of fused-ring (bicyclic) bond motifs is 2. The Labute approximate surface area is 204 Å². The van der Waals surface area contributed by atoms with Gasteiger partial charge in [0.05, 0.1) is 0 Å². The number of benzene rings is 4. The second-order valence-electron chi connectivity index (χ2n) is 8.73. The van der Waals surface area contributed by atoms with Gasteiger partial charge in [-0.15, -0.1) is 0 Å². The number of rotatable bonds is 6. The fraction of sp³-hybridized carbons (Fsp3) is 0.118. The van der Waals surface area contributed by atoms with Crippen LogP contribution in [0.1, 0.15) is 31.9 Å². The van der Waals surface area contributed by atoms with E-state index in [2.05, 4.69) is 124 Å². The molecule has 0 saturated heterocycles. The van der Waals surface area contributed by atoms with E-state index in [1.165, 1.54) is 60.5 Å². The molecule has 0 aliphatic rings. The molecular formula is C34H32. The summed E-state index contributed by atoms with van der Waals surface area (Å²) in [5, 5.41) is 5.24. The molecule has 4 aromatic carbocycles. The Morgan fingerprint density at radius 1 is 0.735 bits per heavy atom. The molecule has 168 valence electrons. The molecule has 0 heteroatoms. The topological polar surface area (TPSA) is 0 Å². The van der Waals surface area contributed by atoms with Crippen LogP contribution in [-0.4, -0.2) is 0 Å². The van der Waals surface area contributed by atoms with Crippen molar-refractivity contribution in [3.8, 4) is 11.1 Å². The van der Waals surface area contributed by atoms with E-state index in [0.717, 1.165) is 0 Å². The van der Waals surface area contributed by atoms with Gasteiger partial charge in [-0.25, -0.2) is 0 Å². The van der Waals surface area contributed by atoms with E-state index < -0.39 is 0 Å². The molecule has 0 fully saturated rings. The number of hydrogen-bond donors (Lipinski definition) is 0. The minimum atomic E-state index is 1.17.